The first-order valence-electron chi connectivity index (χ1n) is 9.90. The summed E-state index contributed by atoms with van der Waals surface area (Å²) in [7, 11) is -3.90. The minimum absolute atomic E-state index is 0.308. The largest absolute Gasteiger partial charge is 0.513 e. The topological polar surface area (TPSA) is 73.9 Å². The van der Waals surface area contributed by atoms with Crippen molar-refractivity contribution < 1.29 is 23.1 Å². The molecular formula is C22H30NO5P. The molecular weight excluding hydrogens is 389 g/mol. The van der Waals surface area contributed by atoms with Gasteiger partial charge in [-0.25, -0.2) is 4.57 Å². The standard InChI is InChI=1S/C22H30NO5P/c1-5-19(6-2)16-26-22(24)18(4)23-29(25,27-20-10-8-7-9-11-20)28-21-14-12-17(3)13-15-21/h7-15,18-19H,5-6,16H2,1-4H3,(H,23,25)/t18-,29-/m0/s1. The van der Waals surface area contributed by atoms with Crippen LogP contribution in [0.15, 0.2) is 54.6 Å². The Labute approximate surface area is 173 Å². The molecule has 2 atom stereocenters. The zero-order chi connectivity index (χ0) is 21.3. The van der Waals surface area contributed by atoms with Crippen molar-refractivity contribution in [2.24, 2.45) is 5.92 Å². The zero-order valence-corrected chi connectivity index (χ0v) is 18.4. The predicted octanol–water partition coefficient (Wildman–Crippen LogP) is 5.52. The predicted molar refractivity (Wildman–Crippen MR) is 114 cm³/mol. The van der Waals surface area contributed by atoms with Gasteiger partial charge in [-0.1, -0.05) is 62.6 Å². The summed E-state index contributed by atoms with van der Waals surface area (Å²) in [6.45, 7) is 7.97. The lowest BCUT2D eigenvalue weighted by atomic mass is 10.1. The van der Waals surface area contributed by atoms with Crippen LogP contribution in [0.1, 0.15) is 39.2 Å². The molecule has 29 heavy (non-hydrogen) atoms. The molecule has 2 aromatic carbocycles. The third-order valence-electron chi connectivity index (χ3n) is 4.54. The van der Waals surface area contributed by atoms with Gasteiger partial charge >= 0.3 is 13.7 Å². The van der Waals surface area contributed by atoms with E-state index in [9.17, 15) is 9.36 Å². The fourth-order valence-corrected chi connectivity index (χ4v) is 4.09. The first-order valence-corrected chi connectivity index (χ1v) is 11.4. The molecule has 0 fully saturated rings. The van der Waals surface area contributed by atoms with Crippen LogP contribution in [0.2, 0.25) is 0 Å². The molecule has 0 bridgehead atoms. The highest BCUT2D eigenvalue weighted by Gasteiger charge is 2.34. The van der Waals surface area contributed by atoms with Crippen molar-refractivity contribution in [3.8, 4) is 11.5 Å². The van der Waals surface area contributed by atoms with Crippen LogP contribution in [0.4, 0.5) is 0 Å². The van der Waals surface area contributed by atoms with Crippen LogP contribution in [0.3, 0.4) is 0 Å². The average Bonchev–Trinajstić information content (AvgIpc) is 2.70. The Balaban J connectivity index is 2.12. The Morgan fingerprint density at radius 2 is 1.52 bits per heavy atom. The van der Waals surface area contributed by atoms with E-state index in [1.54, 1.807) is 43.3 Å². The molecule has 0 amide bonds. The van der Waals surface area contributed by atoms with Crippen LogP contribution in [-0.4, -0.2) is 18.6 Å². The number of ether oxygens (including phenoxy) is 1. The van der Waals surface area contributed by atoms with Gasteiger partial charge in [-0.2, -0.15) is 5.09 Å². The molecule has 1 N–H and O–H groups in total. The van der Waals surface area contributed by atoms with Crippen molar-refractivity contribution >= 4 is 13.7 Å². The van der Waals surface area contributed by atoms with E-state index in [0.29, 0.717) is 24.0 Å². The number of nitrogens with one attached hydrogen (secondary N) is 1. The molecule has 0 saturated carbocycles. The lowest BCUT2D eigenvalue weighted by molar-refractivity contribution is -0.146. The van der Waals surface area contributed by atoms with Crippen LogP contribution in [-0.2, 0) is 14.1 Å². The quantitative estimate of drug-likeness (QED) is 0.382. The minimum atomic E-state index is -3.90. The Morgan fingerprint density at radius 1 is 0.966 bits per heavy atom. The van der Waals surface area contributed by atoms with Crippen LogP contribution in [0, 0.1) is 12.8 Å². The highest BCUT2D eigenvalue weighted by molar-refractivity contribution is 7.52. The molecule has 0 aliphatic rings. The highest BCUT2D eigenvalue weighted by atomic mass is 31.2. The number of hydrogen-bond acceptors (Lipinski definition) is 5. The van der Waals surface area contributed by atoms with Crippen molar-refractivity contribution in [3.05, 3.63) is 60.2 Å². The van der Waals surface area contributed by atoms with E-state index in [1.807, 2.05) is 25.1 Å². The molecule has 0 heterocycles. The average molecular weight is 419 g/mol. The lowest BCUT2D eigenvalue weighted by Crippen LogP contribution is -2.36. The molecule has 158 valence electrons. The van der Waals surface area contributed by atoms with Crippen LogP contribution in [0.5, 0.6) is 11.5 Å². The highest BCUT2D eigenvalue weighted by Crippen LogP contribution is 2.45. The van der Waals surface area contributed by atoms with E-state index in [-0.39, 0.29) is 0 Å². The van der Waals surface area contributed by atoms with Gasteiger partial charge in [-0.15, -0.1) is 0 Å². The van der Waals surface area contributed by atoms with Gasteiger partial charge in [-0.3, -0.25) is 4.79 Å². The van der Waals surface area contributed by atoms with E-state index in [2.05, 4.69) is 18.9 Å². The van der Waals surface area contributed by atoms with E-state index in [4.69, 9.17) is 13.8 Å². The maximum Gasteiger partial charge on any atom is 0.513 e. The number of carbonyl (C=O) groups excluding carboxylic acids is 1. The summed E-state index contributed by atoms with van der Waals surface area (Å²) in [5.74, 6) is 0.552. The lowest BCUT2D eigenvalue weighted by Gasteiger charge is -2.23. The molecule has 6 nitrogen and oxygen atoms in total. The first kappa shape index (κ1) is 23.0. The van der Waals surface area contributed by atoms with Gasteiger partial charge in [0.15, 0.2) is 0 Å². The molecule has 2 rings (SSSR count). The summed E-state index contributed by atoms with van der Waals surface area (Å²) < 4.78 is 30.1. The number of para-hydroxylation sites is 1. The fraction of sp³-hybridized carbons (Fsp3) is 0.409. The normalized spacial score (nSPS) is 14.1. The summed E-state index contributed by atoms with van der Waals surface area (Å²) in [5, 5.41) is 2.70. The van der Waals surface area contributed by atoms with E-state index in [1.165, 1.54) is 0 Å². The van der Waals surface area contributed by atoms with Crippen LogP contribution < -0.4 is 14.1 Å². The summed E-state index contributed by atoms with van der Waals surface area (Å²) in [5.41, 5.74) is 1.04. The molecule has 2 aromatic rings. The maximum atomic E-state index is 13.4. The van der Waals surface area contributed by atoms with Crippen LogP contribution >= 0.6 is 7.75 Å². The van der Waals surface area contributed by atoms with Gasteiger partial charge in [0, 0.05) is 0 Å². The SMILES string of the molecule is CCC(CC)COC(=O)[C@H](C)N[P@](=O)(Oc1ccccc1)Oc1ccc(C)cc1. The molecule has 0 aliphatic carbocycles. The summed E-state index contributed by atoms with van der Waals surface area (Å²) in [6.07, 6.45) is 1.86. The molecule has 7 heteroatoms. The zero-order valence-electron chi connectivity index (χ0n) is 17.5. The van der Waals surface area contributed by atoms with Gasteiger partial charge < -0.3 is 13.8 Å². The number of aryl methyl sites for hydroxylation is 1. The number of rotatable bonds is 11. The second-order valence-corrected chi connectivity index (χ2v) is 8.59. The number of hydrogen-bond donors (Lipinski definition) is 1. The van der Waals surface area contributed by atoms with Crippen LogP contribution in [0.25, 0.3) is 0 Å². The Hall–Kier alpha value is -2.30. The first-order chi connectivity index (χ1) is 13.8. The molecule has 0 aliphatic heterocycles. The van der Waals surface area contributed by atoms with Crippen molar-refractivity contribution in [2.75, 3.05) is 6.61 Å². The minimum Gasteiger partial charge on any atom is -0.464 e. The van der Waals surface area contributed by atoms with Crippen molar-refractivity contribution in [1.29, 1.82) is 0 Å². The summed E-state index contributed by atoms with van der Waals surface area (Å²) in [6, 6.07) is 14.9. The summed E-state index contributed by atoms with van der Waals surface area (Å²) in [4.78, 5) is 12.4. The van der Waals surface area contributed by atoms with E-state index >= 15 is 0 Å². The number of esters is 1. The monoisotopic (exact) mass is 419 g/mol. The van der Waals surface area contributed by atoms with Gasteiger partial charge in [0.1, 0.15) is 17.5 Å². The smallest absolute Gasteiger partial charge is 0.464 e. The van der Waals surface area contributed by atoms with Gasteiger partial charge in [0.05, 0.1) is 6.61 Å². The molecule has 0 unspecified atom stereocenters. The second kappa shape index (κ2) is 11.0. The second-order valence-electron chi connectivity index (χ2n) is 6.97. The molecule has 0 spiro atoms. The Bertz CT molecular complexity index is 806. The van der Waals surface area contributed by atoms with Crippen molar-refractivity contribution in [3.63, 3.8) is 0 Å². The Morgan fingerprint density at radius 3 is 2.07 bits per heavy atom. The van der Waals surface area contributed by atoms with Gasteiger partial charge in [-0.05, 0) is 44.0 Å². The third kappa shape index (κ3) is 7.56. The molecule has 0 saturated heterocycles. The maximum absolute atomic E-state index is 13.4. The van der Waals surface area contributed by atoms with Gasteiger partial charge in [0.25, 0.3) is 0 Å². The Kier molecular flexibility index (Phi) is 8.74. The van der Waals surface area contributed by atoms with E-state index < -0.39 is 19.8 Å². The number of benzene rings is 2. The third-order valence-corrected chi connectivity index (χ3v) is 6.14. The number of carbonyl (C=O) groups is 1. The fourth-order valence-electron chi connectivity index (χ4n) is 2.57. The summed E-state index contributed by atoms with van der Waals surface area (Å²) >= 11 is 0. The van der Waals surface area contributed by atoms with Crippen molar-refractivity contribution in [2.45, 2.75) is 46.6 Å². The van der Waals surface area contributed by atoms with Crippen molar-refractivity contribution in [1.82, 2.24) is 5.09 Å². The van der Waals surface area contributed by atoms with E-state index in [0.717, 1.165) is 18.4 Å². The molecule has 0 radical (unpaired) electrons. The van der Waals surface area contributed by atoms with Gasteiger partial charge in [0.2, 0.25) is 0 Å². The molecule has 0 aromatic heterocycles.